The zero-order valence-electron chi connectivity index (χ0n) is 16.3. The van der Waals surface area contributed by atoms with Crippen molar-refractivity contribution in [1.82, 2.24) is 5.32 Å². The Kier molecular flexibility index (Phi) is 7.11. The quantitative estimate of drug-likeness (QED) is 0.460. The van der Waals surface area contributed by atoms with E-state index in [0.717, 1.165) is 0 Å². The van der Waals surface area contributed by atoms with Crippen LogP contribution in [0.4, 0.5) is 11.4 Å². The number of halogens is 1. The van der Waals surface area contributed by atoms with Gasteiger partial charge >= 0.3 is 0 Å². The number of hydrogen-bond acceptors (Lipinski definition) is 5. The van der Waals surface area contributed by atoms with E-state index in [2.05, 4.69) is 15.4 Å². The molecule has 0 unspecified atom stereocenters. The van der Waals surface area contributed by atoms with E-state index in [9.17, 15) is 13.2 Å². The lowest BCUT2D eigenvalue weighted by Gasteiger charge is -2.12. The summed E-state index contributed by atoms with van der Waals surface area (Å²) >= 11 is 11.1. The molecule has 10 heteroatoms. The van der Waals surface area contributed by atoms with Gasteiger partial charge in [-0.15, -0.1) is 0 Å². The van der Waals surface area contributed by atoms with E-state index in [1.54, 1.807) is 48.5 Å². The minimum Gasteiger partial charge on any atom is -0.497 e. The Labute approximate surface area is 190 Å². The first-order valence-electron chi connectivity index (χ1n) is 8.92. The number of anilines is 2. The number of hydrogen-bond donors (Lipinski definition) is 3. The van der Waals surface area contributed by atoms with Crippen LogP contribution in [0.5, 0.6) is 5.75 Å². The minimum absolute atomic E-state index is 0.0527. The van der Waals surface area contributed by atoms with Gasteiger partial charge in [-0.25, -0.2) is 8.42 Å². The Hall–Kier alpha value is -3.14. The number of ether oxygens (including phenoxy) is 1. The number of nitrogens with one attached hydrogen (secondary N) is 3. The molecule has 0 aromatic heterocycles. The lowest BCUT2D eigenvalue weighted by atomic mass is 10.2. The van der Waals surface area contributed by atoms with Crippen LogP contribution in [0.1, 0.15) is 10.4 Å². The van der Waals surface area contributed by atoms with Crippen molar-refractivity contribution in [3.8, 4) is 5.75 Å². The fourth-order valence-electron chi connectivity index (χ4n) is 2.57. The predicted octanol–water partition coefficient (Wildman–Crippen LogP) is 4.28. The third-order valence-electron chi connectivity index (χ3n) is 4.11. The molecule has 0 aliphatic rings. The molecule has 0 spiro atoms. The molecule has 0 fully saturated rings. The maximum absolute atomic E-state index is 12.6. The monoisotopic (exact) mass is 475 g/mol. The second-order valence-corrected chi connectivity index (χ2v) is 8.74. The number of benzene rings is 3. The zero-order valence-corrected chi connectivity index (χ0v) is 18.6. The van der Waals surface area contributed by atoms with Gasteiger partial charge in [0.05, 0.1) is 22.6 Å². The summed E-state index contributed by atoms with van der Waals surface area (Å²) in [7, 11) is -2.24. The molecule has 0 heterocycles. The van der Waals surface area contributed by atoms with Crippen molar-refractivity contribution in [3.05, 3.63) is 83.4 Å². The number of carbonyl (C=O) groups is 1. The summed E-state index contributed by atoms with van der Waals surface area (Å²) in [5.74, 6) is 0.168. The van der Waals surface area contributed by atoms with Crippen molar-refractivity contribution < 1.29 is 17.9 Å². The molecular weight excluding hydrogens is 458 g/mol. The molecule has 160 valence electrons. The summed E-state index contributed by atoms with van der Waals surface area (Å²) in [4.78, 5) is 12.3. The molecule has 0 saturated carbocycles. The van der Waals surface area contributed by atoms with E-state index in [1.807, 2.05) is 0 Å². The number of carbonyl (C=O) groups excluding carboxylic acids is 1. The summed E-state index contributed by atoms with van der Waals surface area (Å²) in [5.41, 5.74) is 1.21. The molecule has 0 aliphatic carbocycles. The highest BCUT2D eigenvalue weighted by Crippen LogP contribution is 2.21. The summed E-state index contributed by atoms with van der Waals surface area (Å²) in [6.07, 6.45) is 0. The van der Waals surface area contributed by atoms with Gasteiger partial charge < -0.3 is 10.1 Å². The standard InChI is InChI=1S/C21H18ClN3O4S2/c1-29-16-10-6-15(7-11-16)25-31(27,28)17-12-8-14(9-13-17)23-21(30)24-20(26)18-4-2-3-5-19(18)22/h2-13,25H,1H3,(H2,23,24,26,30). The van der Waals surface area contributed by atoms with Gasteiger partial charge in [-0.3, -0.25) is 14.8 Å². The van der Waals surface area contributed by atoms with Crippen molar-refractivity contribution >= 4 is 56.2 Å². The highest BCUT2D eigenvalue weighted by molar-refractivity contribution is 7.92. The highest BCUT2D eigenvalue weighted by Gasteiger charge is 2.15. The van der Waals surface area contributed by atoms with Crippen molar-refractivity contribution in [2.75, 3.05) is 17.1 Å². The average molecular weight is 476 g/mol. The van der Waals surface area contributed by atoms with Crippen molar-refractivity contribution in [2.24, 2.45) is 0 Å². The van der Waals surface area contributed by atoms with E-state index >= 15 is 0 Å². The minimum atomic E-state index is -3.77. The number of sulfonamides is 1. The topological polar surface area (TPSA) is 96.5 Å². The third-order valence-corrected chi connectivity index (χ3v) is 6.04. The van der Waals surface area contributed by atoms with Gasteiger partial charge in [0, 0.05) is 11.4 Å². The number of methoxy groups -OCH3 is 1. The maximum Gasteiger partial charge on any atom is 0.261 e. The molecule has 3 N–H and O–H groups in total. The van der Waals surface area contributed by atoms with Gasteiger partial charge in [-0.2, -0.15) is 0 Å². The molecule has 0 aliphatic heterocycles. The lowest BCUT2D eigenvalue weighted by Crippen LogP contribution is -2.34. The molecule has 0 saturated heterocycles. The van der Waals surface area contributed by atoms with Gasteiger partial charge in [0.2, 0.25) is 0 Å². The Bertz CT molecular complexity index is 1200. The van der Waals surface area contributed by atoms with Crippen LogP contribution in [0, 0.1) is 0 Å². The van der Waals surface area contributed by atoms with Crippen LogP contribution in [-0.4, -0.2) is 26.5 Å². The Balaban J connectivity index is 1.63. The van der Waals surface area contributed by atoms with E-state index in [0.29, 0.717) is 27.7 Å². The molecule has 7 nitrogen and oxygen atoms in total. The average Bonchev–Trinajstić information content (AvgIpc) is 2.74. The first-order valence-corrected chi connectivity index (χ1v) is 11.2. The van der Waals surface area contributed by atoms with Crippen LogP contribution >= 0.6 is 23.8 Å². The van der Waals surface area contributed by atoms with Gasteiger partial charge in [-0.05, 0) is 72.9 Å². The van der Waals surface area contributed by atoms with Crippen LogP contribution in [0.3, 0.4) is 0 Å². The number of thiocarbonyl (C=S) groups is 1. The van der Waals surface area contributed by atoms with E-state index in [-0.39, 0.29) is 10.0 Å². The molecule has 3 aromatic rings. The summed E-state index contributed by atoms with van der Waals surface area (Å²) in [5, 5.41) is 5.72. The third kappa shape index (κ3) is 5.94. The number of rotatable bonds is 6. The smallest absolute Gasteiger partial charge is 0.261 e. The molecular formula is C21H18ClN3O4S2. The lowest BCUT2D eigenvalue weighted by molar-refractivity contribution is 0.0978. The Morgan fingerprint density at radius 2 is 1.55 bits per heavy atom. The maximum atomic E-state index is 12.6. The Morgan fingerprint density at radius 3 is 2.16 bits per heavy atom. The summed E-state index contributed by atoms with van der Waals surface area (Å²) in [6, 6.07) is 19.0. The summed E-state index contributed by atoms with van der Waals surface area (Å²) in [6.45, 7) is 0. The van der Waals surface area contributed by atoms with Gasteiger partial charge in [0.25, 0.3) is 15.9 Å². The van der Waals surface area contributed by atoms with Crippen LogP contribution in [0.15, 0.2) is 77.7 Å². The van der Waals surface area contributed by atoms with E-state index < -0.39 is 15.9 Å². The fourth-order valence-corrected chi connectivity index (χ4v) is 4.06. The first kappa shape index (κ1) is 22.5. The second-order valence-electron chi connectivity index (χ2n) is 6.25. The fraction of sp³-hybridized carbons (Fsp3) is 0.0476. The van der Waals surface area contributed by atoms with Crippen LogP contribution in [0.2, 0.25) is 5.02 Å². The van der Waals surface area contributed by atoms with Crippen LogP contribution < -0.4 is 20.1 Å². The molecule has 0 atom stereocenters. The van der Waals surface area contributed by atoms with E-state index in [4.69, 9.17) is 28.6 Å². The van der Waals surface area contributed by atoms with Gasteiger partial charge in [0.15, 0.2) is 5.11 Å². The molecule has 0 radical (unpaired) electrons. The first-order chi connectivity index (χ1) is 14.8. The molecule has 3 rings (SSSR count). The Morgan fingerprint density at radius 1 is 0.935 bits per heavy atom. The zero-order chi connectivity index (χ0) is 22.4. The van der Waals surface area contributed by atoms with Crippen LogP contribution in [0.25, 0.3) is 0 Å². The molecule has 31 heavy (non-hydrogen) atoms. The van der Waals surface area contributed by atoms with Crippen molar-refractivity contribution in [2.45, 2.75) is 4.90 Å². The highest BCUT2D eigenvalue weighted by atomic mass is 35.5. The molecule has 0 bridgehead atoms. The normalized spacial score (nSPS) is 10.8. The summed E-state index contributed by atoms with van der Waals surface area (Å²) < 4.78 is 32.7. The van der Waals surface area contributed by atoms with Crippen LogP contribution in [-0.2, 0) is 10.0 Å². The molecule has 1 amide bonds. The predicted molar refractivity (Wildman–Crippen MR) is 125 cm³/mol. The SMILES string of the molecule is COc1ccc(NS(=O)(=O)c2ccc(NC(=S)NC(=O)c3ccccc3Cl)cc2)cc1. The second kappa shape index (κ2) is 9.78. The largest absolute Gasteiger partial charge is 0.497 e. The van der Waals surface area contributed by atoms with Gasteiger partial charge in [0.1, 0.15) is 5.75 Å². The van der Waals surface area contributed by atoms with E-state index in [1.165, 1.54) is 31.4 Å². The number of amides is 1. The molecule has 3 aromatic carbocycles. The van der Waals surface area contributed by atoms with Crippen molar-refractivity contribution in [1.29, 1.82) is 0 Å². The van der Waals surface area contributed by atoms with Crippen molar-refractivity contribution in [3.63, 3.8) is 0 Å². The van der Waals surface area contributed by atoms with Gasteiger partial charge in [-0.1, -0.05) is 23.7 Å².